The summed E-state index contributed by atoms with van der Waals surface area (Å²) in [5.41, 5.74) is 6.28. The van der Waals surface area contributed by atoms with E-state index >= 15 is 0 Å². The number of rotatable bonds is 10. The van der Waals surface area contributed by atoms with Gasteiger partial charge < -0.3 is 40.7 Å². The van der Waals surface area contributed by atoms with Crippen molar-refractivity contribution in [3.05, 3.63) is 12.7 Å². The van der Waals surface area contributed by atoms with Crippen molar-refractivity contribution in [3.63, 3.8) is 0 Å². The van der Waals surface area contributed by atoms with Crippen molar-refractivity contribution >= 4 is 48.6 Å². The number of nitrogens with zero attached hydrogens (tertiary/aromatic N) is 4. The van der Waals surface area contributed by atoms with E-state index < -0.39 is 44.9 Å². The number of amides is 2. The molecule has 0 aliphatic carbocycles. The van der Waals surface area contributed by atoms with Crippen molar-refractivity contribution in [1.82, 2.24) is 30.2 Å². The first kappa shape index (κ1) is 27.1. The number of esters is 1. The number of phosphoric acid groups is 1. The van der Waals surface area contributed by atoms with Gasteiger partial charge in [0, 0.05) is 17.4 Å². The Hall–Kier alpha value is -2.53. The number of fused-ring (bicyclic) bond motifs is 2. The molecule has 16 nitrogen and oxygen atoms in total. The van der Waals surface area contributed by atoms with E-state index in [4.69, 9.17) is 19.7 Å². The van der Waals surface area contributed by atoms with Gasteiger partial charge in [-0.25, -0.2) is 24.3 Å². The molecule has 208 valence electrons. The zero-order chi connectivity index (χ0) is 27.0. The lowest BCUT2D eigenvalue weighted by molar-refractivity contribution is -0.150. The largest absolute Gasteiger partial charge is 0.470 e. The Balaban J connectivity index is 1.15. The number of anilines is 1. The van der Waals surface area contributed by atoms with Crippen LogP contribution in [0.1, 0.15) is 31.9 Å². The Morgan fingerprint density at radius 3 is 2.89 bits per heavy atom. The molecule has 7 atom stereocenters. The second-order valence-electron chi connectivity index (χ2n) is 9.25. The van der Waals surface area contributed by atoms with Gasteiger partial charge in [-0.15, -0.1) is 0 Å². The monoisotopic (exact) mass is 573 g/mol. The lowest BCUT2D eigenvalue weighted by Gasteiger charge is -2.20. The summed E-state index contributed by atoms with van der Waals surface area (Å²) in [5, 5.41) is 16.9. The number of imidazole rings is 1. The molecule has 0 spiro atoms. The van der Waals surface area contributed by atoms with E-state index in [0.717, 1.165) is 18.6 Å². The third kappa shape index (κ3) is 5.73. The summed E-state index contributed by atoms with van der Waals surface area (Å²) in [7, 11) is -5.02. The molecule has 3 aliphatic rings. The van der Waals surface area contributed by atoms with E-state index in [1.807, 2.05) is 0 Å². The lowest BCUT2D eigenvalue weighted by atomic mass is 10.0. The number of hydrogen-bond acceptors (Lipinski definition) is 12. The SMILES string of the molecule is Nc1ncnc2c1ncn2[C@@H]1O[C@H](COC(=O)CCCC[C@@H]2SC[C@@H]3NC(=O)N[C@@H]32)[C@@H](OP(=O)(O)O)[C@H]1O. The van der Waals surface area contributed by atoms with Crippen LogP contribution in [0, 0.1) is 0 Å². The molecule has 7 N–H and O–H groups in total. The van der Waals surface area contributed by atoms with Crippen molar-refractivity contribution in [2.24, 2.45) is 0 Å². The van der Waals surface area contributed by atoms with Gasteiger partial charge in [0.1, 0.15) is 36.8 Å². The highest BCUT2D eigenvalue weighted by Gasteiger charge is 2.49. The van der Waals surface area contributed by atoms with Gasteiger partial charge in [-0.05, 0) is 12.8 Å². The molecule has 5 rings (SSSR count). The quantitative estimate of drug-likeness (QED) is 0.0903. The number of urea groups is 1. The number of aliphatic hydroxyl groups excluding tert-OH is 1. The maximum Gasteiger partial charge on any atom is 0.470 e. The maximum absolute atomic E-state index is 12.4. The molecule has 5 heterocycles. The van der Waals surface area contributed by atoms with E-state index in [0.29, 0.717) is 6.42 Å². The summed E-state index contributed by atoms with van der Waals surface area (Å²) in [6, 6.07) is 0.0938. The first-order valence-corrected chi connectivity index (χ1v) is 14.5. The second-order valence-corrected chi connectivity index (χ2v) is 11.7. The molecule has 3 fully saturated rings. The van der Waals surface area contributed by atoms with Crippen LogP contribution in [0.2, 0.25) is 0 Å². The van der Waals surface area contributed by atoms with Gasteiger partial charge in [0.2, 0.25) is 0 Å². The predicted molar refractivity (Wildman–Crippen MR) is 131 cm³/mol. The minimum absolute atomic E-state index is 0.0971. The normalized spacial score (nSPS) is 30.8. The molecule has 38 heavy (non-hydrogen) atoms. The topological polar surface area (TPSA) is 233 Å². The van der Waals surface area contributed by atoms with Crippen molar-refractivity contribution in [1.29, 1.82) is 0 Å². The molecule has 0 saturated carbocycles. The number of nitrogen functional groups attached to an aromatic ring is 1. The molecule has 2 amide bonds. The molecule has 2 aromatic heterocycles. The number of nitrogens with one attached hydrogen (secondary N) is 2. The summed E-state index contributed by atoms with van der Waals surface area (Å²) in [6.07, 6.45) is -0.667. The minimum atomic E-state index is -5.02. The van der Waals surface area contributed by atoms with Crippen molar-refractivity contribution in [2.45, 2.75) is 67.6 Å². The van der Waals surface area contributed by atoms with E-state index in [9.17, 15) is 29.0 Å². The van der Waals surface area contributed by atoms with Gasteiger partial charge in [0.25, 0.3) is 0 Å². The van der Waals surface area contributed by atoms with Gasteiger partial charge in [-0.1, -0.05) is 6.42 Å². The van der Waals surface area contributed by atoms with Crippen LogP contribution in [-0.4, -0.2) is 94.4 Å². The van der Waals surface area contributed by atoms with Crippen LogP contribution in [0.15, 0.2) is 12.7 Å². The number of phosphoric ester groups is 1. The third-order valence-corrected chi connectivity index (χ3v) is 8.72. The Bertz CT molecular complexity index is 1240. The molecule has 0 aromatic carbocycles. The molecular formula is C20H28N7O9PS. The van der Waals surface area contributed by atoms with Crippen molar-refractivity contribution in [2.75, 3.05) is 18.1 Å². The molecule has 0 bridgehead atoms. The van der Waals surface area contributed by atoms with Crippen LogP contribution in [-0.2, 0) is 23.4 Å². The molecule has 0 unspecified atom stereocenters. The number of nitrogens with two attached hydrogens (primary N) is 1. The lowest BCUT2D eigenvalue weighted by Crippen LogP contribution is -2.36. The summed E-state index contributed by atoms with van der Waals surface area (Å²) in [6.45, 7) is -0.402. The second kappa shape index (κ2) is 10.9. The van der Waals surface area contributed by atoms with Crippen molar-refractivity contribution < 1.29 is 43.0 Å². The highest BCUT2D eigenvalue weighted by molar-refractivity contribution is 8.00. The zero-order valence-corrected chi connectivity index (χ0v) is 21.7. The van der Waals surface area contributed by atoms with Gasteiger partial charge >= 0.3 is 19.8 Å². The van der Waals surface area contributed by atoms with E-state index in [-0.39, 0.29) is 46.8 Å². The molecule has 2 aromatic rings. The number of hydrogen-bond donors (Lipinski definition) is 6. The molecule has 3 saturated heterocycles. The third-order valence-electron chi connectivity index (χ3n) is 6.70. The summed E-state index contributed by atoms with van der Waals surface area (Å²) < 4.78 is 28.8. The van der Waals surface area contributed by atoms with E-state index in [1.54, 1.807) is 11.8 Å². The maximum atomic E-state index is 12.4. The first-order valence-electron chi connectivity index (χ1n) is 12.0. The van der Waals surface area contributed by atoms with Crippen LogP contribution in [0.4, 0.5) is 10.6 Å². The van der Waals surface area contributed by atoms with Gasteiger partial charge in [-0.3, -0.25) is 13.9 Å². The first-order chi connectivity index (χ1) is 18.1. The molecule has 3 aliphatic heterocycles. The number of aromatic nitrogens is 4. The number of thioether (sulfide) groups is 1. The van der Waals surface area contributed by atoms with Gasteiger partial charge in [0.15, 0.2) is 17.7 Å². The summed E-state index contributed by atoms with van der Waals surface area (Å²) in [5.74, 6) is 0.436. The molecular weight excluding hydrogens is 545 g/mol. The van der Waals surface area contributed by atoms with Crippen LogP contribution < -0.4 is 16.4 Å². The smallest absolute Gasteiger partial charge is 0.463 e. The van der Waals surface area contributed by atoms with Gasteiger partial charge in [0.05, 0.1) is 18.4 Å². The number of unbranched alkanes of at least 4 members (excludes halogenated alkanes) is 1. The van der Waals surface area contributed by atoms with Gasteiger partial charge in [-0.2, -0.15) is 11.8 Å². The number of aliphatic hydroxyl groups is 1. The summed E-state index contributed by atoms with van der Waals surface area (Å²) >= 11 is 1.79. The highest BCUT2D eigenvalue weighted by atomic mass is 32.2. The Morgan fingerprint density at radius 1 is 1.29 bits per heavy atom. The highest BCUT2D eigenvalue weighted by Crippen LogP contribution is 2.44. The average Bonchev–Trinajstić information content (AvgIpc) is 3.60. The van der Waals surface area contributed by atoms with Crippen LogP contribution in [0.3, 0.4) is 0 Å². The fourth-order valence-electron chi connectivity index (χ4n) is 4.93. The fourth-order valence-corrected chi connectivity index (χ4v) is 7.05. The van der Waals surface area contributed by atoms with E-state index in [2.05, 4.69) is 25.6 Å². The molecule has 0 radical (unpaired) electrons. The Morgan fingerprint density at radius 2 is 2.11 bits per heavy atom. The average molecular weight is 574 g/mol. The summed E-state index contributed by atoms with van der Waals surface area (Å²) in [4.78, 5) is 54.6. The number of carbonyl (C=O) groups is 2. The zero-order valence-electron chi connectivity index (χ0n) is 20.0. The fraction of sp³-hybridized carbons (Fsp3) is 0.650. The number of ether oxygens (including phenoxy) is 2. The Labute approximate surface area is 220 Å². The van der Waals surface area contributed by atoms with E-state index in [1.165, 1.54) is 17.2 Å². The Kier molecular flexibility index (Phi) is 7.77. The number of carbonyl (C=O) groups excluding carboxylic acids is 2. The molecule has 18 heteroatoms. The van der Waals surface area contributed by atoms with Crippen LogP contribution in [0.25, 0.3) is 11.2 Å². The van der Waals surface area contributed by atoms with Crippen molar-refractivity contribution in [3.8, 4) is 0 Å². The standard InChI is InChI=1S/C20H28N7O9PS/c21-17-14-18(23-7-22-17)27(8-24-14)19-15(29)16(36-37(31,32)33)10(35-19)5-34-12(28)4-2-1-3-11-13-9(6-38-11)25-20(30)26-13/h7-11,13,15-16,19,29H,1-6H2,(H2,21,22,23)(H2,25,26,30)(H2,31,32,33)/t9-,10+,11-,13-,15+,16+,19+/m0/s1. The minimum Gasteiger partial charge on any atom is -0.463 e. The van der Waals surface area contributed by atoms with Crippen LogP contribution in [0.5, 0.6) is 0 Å². The van der Waals surface area contributed by atoms with Crippen LogP contribution >= 0.6 is 19.6 Å². The predicted octanol–water partition coefficient (Wildman–Crippen LogP) is -0.586.